The average Bonchev–Trinajstić information content (AvgIpc) is 2.38. The van der Waals surface area contributed by atoms with Gasteiger partial charge in [0.25, 0.3) is 0 Å². The van der Waals surface area contributed by atoms with E-state index in [9.17, 15) is 8.78 Å². The van der Waals surface area contributed by atoms with Crippen LogP contribution < -0.4 is 0 Å². The highest BCUT2D eigenvalue weighted by molar-refractivity contribution is 9.10. The molecular weight excluding hydrogens is 217 g/mol. The van der Waals surface area contributed by atoms with Crippen molar-refractivity contribution >= 4 is 27.5 Å². The fourth-order valence-electron chi connectivity index (χ4n) is 0.276. The second-order valence-electron chi connectivity index (χ2n) is 1.49. The summed E-state index contributed by atoms with van der Waals surface area (Å²) in [6.07, 6.45) is -1.44. The first kappa shape index (κ1) is 5.97. The Morgan fingerprint density at radius 1 is 1.78 bits per heavy atom. The number of hydrogen-bond acceptors (Lipinski definition) is 2. The van der Waals surface area contributed by atoms with Crippen LogP contribution in [0.15, 0.2) is 10.2 Å². The molecule has 0 N–H and O–H groups in total. The van der Waals surface area contributed by atoms with Gasteiger partial charge in [-0.2, -0.15) is 19.0 Å². The number of halogens is 4. The van der Waals surface area contributed by atoms with Gasteiger partial charge >= 0.3 is 5.92 Å². The van der Waals surface area contributed by atoms with Crippen LogP contribution in [0.4, 0.5) is 8.78 Å². The molecule has 1 atom stereocenters. The molecule has 0 radical (unpaired) electrons. The molecule has 0 fully saturated rings. The van der Waals surface area contributed by atoms with Crippen LogP contribution in [0, 0.1) is 0 Å². The van der Waals surface area contributed by atoms with E-state index < -0.39 is 16.4 Å². The minimum Gasteiger partial charge on any atom is -0.199 e. The first-order chi connectivity index (χ1) is 4.36. The molecule has 0 aromatic rings. The lowest BCUT2D eigenvalue weighted by atomic mass is 10.3. The SMILES string of the molecule is [2H]C(Cl)(Br)C(F)(F)C1N=N1. The molecule has 1 unspecified atom stereocenters. The lowest BCUT2D eigenvalue weighted by Gasteiger charge is -2.12. The van der Waals surface area contributed by atoms with Crippen molar-refractivity contribution in [3.05, 3.63) is 0 Å². The normalized spacial score (nSPS) is 27.3. The Bertz CT molecular complexity index is 174. The molecule has 0 aromatic heterocycles. The Morgan fingerprint density at radius 2 is 2.22 bits per heavy atom. The maximum Gasteiger partial charge on any atom is 0.318 e. The van der Waals surface area contributed by atoms with Crippen LogP contribution in [-0.2, 0) is 0 Å². The minimum atomic E-state index is -3.44. The topological polar surface area (TPSA) is 24.7 Å². The van der Waals surface area contributed by atoms with Crippen molar-refractivity contribution < 1.29 is 10.2 Å². The fraction of sp³-hybridized carbons (Fsp3) is 1.00. The third-order valence-electron chi connectivity index (χ3n) is 0.807. The van der Waals surface area contributed by atoms with E-state index in [0.717, 1.165) is 0 Å². The number of alkyl halides is 4. The highest BCUT2D eigenvalue weighted by Crippen LogP contribution is 2.38. The molecule has 0 bridgehead atoms. The van der Waals surface area contributed by atoms with Crippen LogP contribution in [0.5, 0.6) is 0 Å². The summed E-state index contributed by atoms with van der Waals surface area (Å²) < 4.78 is 29.3. The standard InChI is InChI=1S/C3H2BrClF2N2/c4-1(5)3(6,7)2-8-9-2/h1-2H/i1D. The van der Waals surface area contributed by atoms with Crippen LogP contribution in [0.25, 0.3) is 0 Å². The summed E-state index contributed by atoms with van der Waals surface area (Å²) in [4.78, 5) is 0. The molecule has 1 heterocycles. The Labute approximate surface area is 64.8 Å². The third-order valence-corrected chi connectivity index (χ3v) is 1.59. The molecule has 0 aromatic carbocycles. The summed E-state index contributed by atoms with van der Waals surface area (Å²) in [5, 5.41) is 5.96. The molecule has 2 nitrogen and oxygen atoms in total. The van der Waals surface area contributed by atoms with Crippen LogP contribution in [0.1, 0.15) is 1.37 Å². The van der Waals surface area contributed by atoms with Gasteiger partial charge in [-0.25, -0.2) is 0 Å². The minimum absolute atomic E-state index is 1.44. The van der Waals surface area contributed by atoms with Crippen LogP contribution in [-0.4, -0.2) is 16.4 Å². The summed E-state index contributed by atoms with van der Waals surface area (Å²) in [7, 11) is 0. The zero-order valence-electron chi connectivity index (χ0n) is 4.98. The Kier molecular flexibility index (Phi) is 1.41. The summed E-state index contributed by atoms with van der Waals surface area (Å²) in [6, 6.07) is 0. The molecule has 6 heteroatoms. The van der Waals surface area contributed by atoms with Crippen molar-refractivity contribution in [3.63, 3.8) is 0 Å². The van der Waals surface area contributed by atoms with E-state index in [1.54, 1.807) is 0 Å². The predicted molar refractivity (Wildman–Crippen MR) is 32.2 cm³/mol. The van der Waals surface area contributed by atoms with Crippen LogP contribution >= 0.6 is 27.5 Å². The zero-order chi connectivity index (χ0) is 7.99. The molecule has 9 heavy (non-hydrogen) atoms. The van der Waals surface area contributed by atoms with Crippen molar-refractivity contribution in [1.29, 1.82) is 0 Å². The van der Waals surface area contributed by atoms with Gasteiger partial charge in [-0.1, -0.05) is 15.9 Å². The van der Waals surface area contributed by atoms with Crippen molar-refractivity contribution in [1.82, 2.24) is 0 Å². The maximum absolute atomic E-state index is 12.6. The molecule has 1 rings (SSSR count). The quantitative estimate of drug-likeness (QED) is 0.638. The summed E-state index contributed by atoms with van der Waals surface area (Å²) in [5.74, 6) is -3.44. The van der Waals surface area contributed by atoms with Crippen molar-refractivity contribution in [2.75, 3.05) is 0 Å². The van der Waals surface area contributed by atoms with Crippen LogP contribution in [0.2, 0.25) is 0 Å². The average molecular weight is 220 g/mol. The molecule has 0 saturated carbocycles. The van der Waals surface area contributed by atoms with Crippen LogP contribution in [0.3, 0.4) is 0 Å². The first-order valence-electron chi connectivity index (χ1n) is 2.51. The van der Waals surface area contributed by atoms with Crippen molar-refractivity contribution in [2.24, 2.45) is 10.2 Å². The van der Waals surface area contributed by atoms with Gasteiger partial charge in [-0.15, -0.1) is 11.6 Å². The summed E-state index contributed by atoms with van der Waals surface area (Å²) in [5.41, 5.74) is 0. The van der Waals surface area contributed by atoms with E-state index in [1.807, 2.05) is 0 Å². The van der Waals surface area contributed by atoms with E-state index in [-0.39, 0.29) is 0 Å². The fourth-order valence-corrected chi connectivity index (χ4v) is 0.578. The third kappa shape index (κ3) is 1.38. The zero-order valence-corrected chi connectivity index (χ0v) is 6.33. The monoisotopic (exact) mass is 219 g/mol. The van der Waals surface area contributed by atoms with Gasteiger partial charge in [0.2, 0.25) is 6.17 Å². The molecular formula is C3H2BrClF2N2. The molecule has 1 aliphatic heterocycles. The highest BCUT2D eigenvalue weighted by Gasteiger charge is 2.51. The molecule has 0 spiro atoms. The van der Waals surface area contributed by atoms with E-state index >= 15 is 0 Å². The summed E-state index contributed by atoms with van der Waals surface area (Å²) >= 11 is 7.28. The highest BCUT2D eigenvalue weighted by atomic mass is 79.9. The Balaban J connectivity index is 2.66. The van der Waals surface area contributed by atoms with Crippen molar-refractivity contribution in [3.8, 4) is 0 Å². The smallest absolute Gasteiger partial charge is 0.199 e. The van der Waals surface area contributed by atoms with Gasteiger partial charge in [0.1, 0.15) is 0 Å². The number of rotatable bonds is 2. The first-order valence-corrected chi connectivity index (χ1v) is 3.18. The van der Waals surface area contributed by atoms with Crippen molar-refractivity contribution in [2.45, 2.75) is 16.4 Å². The van der Waals surface area contributed by atoms with E-state index in [4.69, 9.17) is 13.0 Å². The van der Waals surface area contributed by atoms with Gasteiger partial charge in [0.15, 0.2) is 4.26 Å². The van der Waals surface area contributed by atoms with Gasteiger partial charge in [0.05, 0.1) is 1.37 Å². The van der Waals surface area contributed by atoms with Gasteiger partial charge in [-0.3, -0.25) is 0 Å². The lowest BCUT2D eigenvalue weighted by molar-refractivity contribution is 0.0142. The van der Waals surface area contributed by atoms with E-state index in [0.29, 0.717) is 0 Å². The molecule has 0 aliphatic carbocycles. The second kappa shape index (κ2) is 2.12. The largest absolute Gasteiger partial charge is 0.318 e. The van der Waals surface area contributed by atoms with Gasteiger partial charge in [0, 0.05) is 0 Å². The van der Waals surface area contributed by atoms with E-state index in [1.165, 1.54) is 0 Å². The maximum atomic E-state index is 12.6. The molecule has 52 valence electrons. The van der Waals surface area contributed by atoms with E-state index in [2.05, 4.69) is 26.2 Å². The Morgan fingerprint density at radius 3 is 2.33 bits per heavy atom. The van der Waals surface area contributed by atoms with Gasteiger partial charge in [-0.05, 0) is 0 Å². The molecule has 0 saturated heterocycles. The Hall–Kier alpha value is 0.230. The molecule has 1 aliphatic rings. The second-order valence-corrected chi connectivity index (χ2v) is 3.12. The number of hydrogen-bond donors (Lipinski definition) is 0. The van der Waals surface area contributed by atoms with Gasteiger partial charge < -0.3 is 0 Å². The summed E-state index contributed by atoms with van der Waals surface area (Å²) in [6.45, 7) is 0. The number of nitrogens with zero attached hydrogens (tertiary/aromatic N) is 2. The molecule has 0 amide bonds. The predicted octanol–water partition coefficient (Wildman–Crippen LogP) is 2.37. The lowest BCUT2D eigenvalue weighted by Crippen LogP contribution is -2.30.